The number of carbonyl (C=O) groups is 1. The van der Waals surface area contributed by atoms with E-state index in [9.17, 15) is 14.4 Å². The molecule has 3 aliphatic heterocycles. The molecule has 4 heterocycles. The van der Waals surface area contributed by atoms with Gasteiger partial charge in [-0.05, 0) is 30.5 Å². The van der Waals surface area contributed by atoms with Crippen LogP contribution in [0, 0.1) is 0 Å². The van der Waals surface area contributed by atoms with Gasteiger partial charge in [0.1, 0.15) is 6.17 Å². The summed E-state index contributed by atoms with van der Waals surface area (Å²) in [5.41, 5.74) is 0.791. The molecule has 7 heteroatoms. The number of para-hydroxylation sites is 1. The fourth-order valence-electron chi connectivity index (χ4n) is 4.86. The number of carbonyl (C=O) groups excluding carboxylic acids is 1. The average molecular weight is 390 g/mol. The summed E-state index contributed by atoms with van der Waals surface area (Å²) in [6, 6.07) is 18.2. The third kappa shape index (κ3) is 2.46. The van der Waals surface area contributed by atoms with E-state index >= 15 is 0 Å². The van der Waals surface area contributed by atoms with Crippen LogP contribution in [0.3, 0.4) is 0 Å². The fourth-order valence-corrected chi connectivity index (χ4v) is 4.86. The van der Waals surface area contributed by atoms with Crippen LogP contribution in [0.1, 0.15) is 50.0 Å². The van der Waals surface area contributed by atoms with Crippen LogP contribution in [-0.2, 0) is 4.79 Å². The Kier molecular flexibility index (Phi) is 4.04. The molecule has 3 aromatic rings. The van der Waals surface area contributed by atoms with Crippen LogP contribution in [0.15, 0.2) is 70.3 Å². The SMILES string of the molecule is CCC(=O)N1[C@H](c2ccccc2)[C@H]2CC[C@H]1n1c(=O)n(-c3ccccc3)c(=O)n12. The Hall–Kier alpha value is -3.35. The van der Waals surface area contributed by atoms with Crippen LogP contribution in [0.4, 0.5) is 0 Å². The van der Waals surface area contributed by atoms with Gasteiger partial charge in [0.15, 0.2) is 0 Å². The van der Waals surface area contributed by atoms with Gasteiger partial charge in [0.25, 0.3) is 0 Å². The van der Waals surface area contributed by atoms with E-state index in [1.807, 2.05) is 48.2 Å². The van der Waals surface area contributed by atoms with Crippen LogP contribution in [-0.4, -0.2) is 24.7 Å². The van der Waals surface area contributed by atoms with E-state index in [-0.39, 0.29) is 23.7 Å². The first-order chi connectivity index (χ1) is 14.1. The predicted octanol–water partition coefficient (Wildman–Crippen LogP) is 2.63. The zero-order valence-corrected chi connectivity index (χ0v) is 16.1. The molecule has 1 fully saturated rings. The topological polar surface area (TPSA) is 69.2 Å². The maximum atomic E-state index is 13.3. The van der Waals surface area contributed by atoms with E-state index < -0.39 is 11.9 Å². The molecule has 0 aliphatic carbocycles. The lowest BCUT2D eigenvalue weighted by atomic mass is 9.87. The minimum absolute atomic E-state index is 0.00777. The minimum Gasteiger partial charge on any atom is -0.311 e. The number of nitrogens with zero attached hydrogens (tertiary/aromatic N) is 4. The lowest BCUT2D eigenvalue weighted by Crippen LogP contribution is -2.57. The molecule has 1 saturated heterocycles. The second-order valence-corrected chi connectivity index (χ2v) is 7.56. The standard InChI is InChI=1S/C22H22N4O3/c1-2-19(27)24-18-14-13-17(20(24)15-9-5-3-6-10-15)25-21(28)23(22(29)26(18)25)16-11-7-4-8-12-16/h3-12,17-18,20H,2,13-14H2,1H3/t17-,18-,20-/m1/s1. The number of piperidine rings is 1. The summed E-state index contributed by atoms with van der Waals surface area (Å²) in [4.78, 5) is 41.4. The Morgan fingerprint density at radius 1 is 0.897 bits per heavy atom. The van der Waals surface area contributed by atoms with Gasteiger partial charge >= 0.3 is 11.4 Å². The number of hydrogen-bond donors (Lipinski definition) is 0. The molecule has 0 radical (unpaired) electrons. The van der Waals surface area contributed by atoms with Gasteiger partial charge in [-0.15, -0.1) is 0 Å². The third-order valence-electron chi connectivity index (χ3n) is 6.05. The van der Waals surface area contributed by atoms with Crippen molar-refractivity contribution in [2.45, 2.75) is 44.4 Å². The van der Waals surface area contributed by atoms with Gasteiger partial charge in [-0.25, -0.2) is 23.5 Å². The van der Waals surface area contributed by atoms with Crippen molar-refractivity contribution < 1.29 is 4.79 Å². The van der Waals surface area contributed by atoms with E-state index in [1.54, 1.807) is 28.9 Å². The van der Waals surface area contributed by atoms with Crippen molar-refractivity contribution in [2.24, 2.45) is 0 Å². The Morgan fingerprint density at radius 3 is 2.17 bits per heavy atom. The van der Waals surface area contributed by atoms with Crippen LogP contribution in [0.5, 0.6) is 0 Å². The van der Waals surface area contributed by atoms with E-state index in [1.165, 1.54) is 9.25 Å². The van der Waals surface area contributed by atoms with Crippen molar-refractivity contribution in [3.63, 3.8) is 0 Å². The smallest absolute Gasteiger partial charge is 0.311 e. The Morgan fingerprint density at radius 2 is 1.52 bits per heavy atom. The van der Waals surface area contributed by atoms with Gasteiger partial charge in [-0.2, -0.15) is 0 Å². The molecule has 3 atom stereocenters. The van der Waals surface area contributed by atoms with Crippen molar-refractivity contribution in [2.75, 3.05) is 0 Å². The van der Waals surface area contributed by atoms with Gasteiger partial charge in [-0.1, -0.05) is 55.5 Å². The molecule has 3 aliphatic rings. The van der Waals surface area contributed by atoms with Crippen LogP contribution >= 0.6 is 0 Å². The van der Waals surface area contributed by atoms with Crippen molar-refractivity contribution in [1.29, 1.82) is 0 Å². The summed E-state index contributed by atoms with van der Waals surface area (Å²) in [6.07, 6.45) is 1.31. The van der Waals surface area contributed by atoms with Gasteiger partial charge in [0.2, 0.25) is 5.91 Å². The summed E-state index contributed by atoms with van der Waals surface area (Å²) in [7, 11) is 0. The largest absolute Gasteiger partial charge is 0.353 e. The molecule has 6 rings (SSSR count). The molecule has 7 nitrogen and oxygen atoms in total. The Balaban J connectivity index is 1.76. The number of hydrogen-bond acceptors (Lipinski definition) is 3. The first-order valence-electron chi connectivity index (χ1n) is 10.0. The summed E-state index contributed by atoms with van der Waals surface area (Å²) in [6.45, 7) is 1.83. The molecule has 1 aromatic heterocycles. The number of rotatable bonds is 3. The maximum Gasteiger partial charge on any atom is 0.353 e. The molecule has 0 saturated carbocycles. The maximum absolute atomic E-state index is 13.3. The van der Waals surface area contributed by atoms with Gasteiger partial charge in [0, 0.05) is 6.42 Å². The lowest BCUT2D eigenvalue weighted by Gasteiger charge is -2.51. The first-order valence-corrected chi connectivity index (χ1v) is 10.0. The fraction of sp³-hybridized carbons (Fsp3) is 0.318. The minimum atomic E-state index is -0.456. The quantitative estimate of drug-likeness (QED) is 0.690. The molecule has 2 bridgehead atoms. The summed E-state index contributed by atoms with van der Waals surface area (Å²) < 4.78 is 4.30. The molecular formula is C22H22N4O3. The molecular weight excluding hydrogens is 368 g/mol. The lowest BCUT2D eigenvalue weighted by molar-refractivity contribution is -0.152. The second-order valence-electron chi connectivity index (χ2n) is 7.56. The van der Waals surface area contributed by atoms with Crippen molar-refractivity contribution in [1.82, 2.24) is 18.8 Å². The molecule has 2 aromatic carbocycles. The van der Waals surface area contributed by atoms with Crippen molar-refractivity contribution in [3.8, 4) is 5.69 Å². The number of amides is 1. The molecule has 148 valence electrons. The highest BCUT2D eigenvalue weighted by Gasteiger charge is 2.50. The molecule has 0 spiro atoms. The first kappa shape index (κ1) is 17.7. The zero-order chi connectivity index (χ0) is 20.1. The zero-order valence-electron chi connectivity index (χ0n) is 16.1. The highest BCUT2D eigenvalue weighted by molar-refractivity contribution is 5.77. The summed E-state index contributed by atoms with van der Waals surface area (Å²) in [5.74, 6) is -0.00777. The summed E-state index contributed by atoms with van der Waals surface area (Å²) >= 11 is 0. The van der Waals surface area contributed by atoms with Gasteiger partial charge < -0.3 is 4.90 Å². The van der Waals surface area contributed by atoms with Gasteiger partial charge in [-0.3, -0.25) is 4.79 Å². The predicted molar refractivity (Wildman–Crippen MR) is 108 cm³/mol. The van der Waals surface area contributed by atoms with Crippen LogP contribution in [0.2, 0.25) is 0 Å². The van der Waals surface area contributed by atoms with Crippen molar-refractivity contribution in [3.05, 3.63) is 87.2 Å². The highest BCUT2D eigenvalue weighted by Crippen LogP contribution is 2.48. The normalized spacial score (nSPS) is 22.5. The van der Waals surface area contributed by atoms with Crippen molar-refractivity contribution >= 4 is 5.91 Å². The highest BCUT2D eigenvalue weighted by atomic mass is 16.2. The molecule has 0 unspecified atom stereocenters. The number of fused-ring (bicyclic) bond motifs is 2. The van der Waals surface area contributed by atoms with E-state index in [0.717, 1.165) is 12.0 Å². The third-order valence-corrected chi connectivity index (χ3v) is 6.05. The van der Waals surface area contributed by atoms with Gasteiger partial charge in [0.05, 0.1) is 17.8 Å². The number of benzene rings is 2. The summed E-state index contributed by atoms with van der Waals surface area (Å²) in [5, 5.41) is 0. The Bertz CT molecular complexity index is 1180. The molecule has 0 N–H and O–H groups in total. The second kappa shape index (κ2) is 6.62. The van der Waals surface area contributed by atoms with E-state index in [2.05, 4.69) is 0 Å². The monoisotopic (exact) mass is 390 g/mol. The van der Waals surface area contributed by atoms with E-state index in [4.69, 9.17) is 0 Å². The van der Waals surface area contributed by atoms with Crippen LogP contribution in [0.25, 0.3) is 5.69 Å². The average Bonchev–Trinajstić information content (AvgIpc) is 3.06. The van der Waals surface area contributed by atoms with E-state index in [0.29, 0.717) is 18.5 Å². The number of aromatic nitrogens is 3. The Labute approximate surface area is 167 Å². The molecule has 1 amide bonds. The van der Waals surface area contributed by atoms with Crippen LogP contribution < -0.4 is 11.4 Å². The molecule has 29 heavy (non-hydrogen) atoms.